The Balaban J connectivity index is 2.09. The summed E-state index contributed by atoms with van der Waals surface area (Å²) in [4.78, 5) is 0.301. The molecule has 0 aliphatic heterocycles. The predicted octanol–water partition coefficient (Wildman–Crippen LogP) is 3.73. The smallest absolute Gasteiger partial charge is 0.175 e. The van der Waals surface area contributed by atoms with Crippen LogP contribution in [0.25, 0.3) is 0 Å². The van der Waals surface area contributed by atoms with E-state index in [0.717, 1.165) is 12.3 Å². The van der Waals surface area contributed by atoms with Gasteiger partial charge in [0.2, 0.25) is 0 Å². The molecule has 1 atom stereocenters. The first-order chi connectivity index (χ1) is 8.86. The first kappa shape index (κ1) is 14.7. The highest BCUT2D eigenvalue weighted by atomic mass is 35.5. The summed E-state index contributed by atoms with van der Waals surface area (Å²) in [5, 5.41) is 3.89. The highest BCUT2D eigenvalue weighted by molar-refractivity contribution is 7.90. The van der Waals surface area contributed by atoms with Crippen molar-refractivity contribution in [3.8, 4) is 0 Å². The van der Waals surface area contributed by atoms with Crippen LogP contribution in [0.4, 0.5) is 5.69 Å². The minimum Gasteiger partial charge on any atom is -0.381 e. The van der Waals surface area contributed by atoms with Gasteiger partial charge in [0.1, 0.15) is 0 Å². The Kier molecular flexibility index (Phi) is 4.41. The minimum atomic E-state index is -3.19. The van der Waals surface area contributed by atoms with E-state index in [-0.39, 0.29) is 0 Å². The number of anilines is 1. The normalized spacial score (nSPS) is 17.8. The Hall–Kier alpha value is -0.740. The summed E-state index contributed by atoms with van der Waals surface area (Å²) in [7, 11) is -3.19. The number of halogens is 1. The third-order valence-corrected chi connectivity index (χ3v) is 5.12. The quantitative estimate of drug-likeness (QED) is 0.901. The van der Waals surface area contributed by atoms with Gasteiger partial charge in [-0.3, -0.25) is 0 Å². The second kappa shape index (κ2) is 5.71. The van der Waals surface area contributed by atoms with Gasteiger partial charge < -0.3 is 5.32 Å². The van der Waals surface area contributed by atoms with Gasteiger partial charge in [0.15, 0.2) is 9.84 Å². The van der Waals surface area contributed by atoms with E-state index in [1.807, 2.05) is 0 Å². The number of rotatable bonds is 5. The largest absolute Gasteiger partial charge is 0.381 e. The van der Waals surface area contributed by atoms with Gasteiger partial charge in [-0.15, -0.1) is 0 Å². The molecule has 1 unspecified atom stereocenters. The van der Waals surface area contributed by atoms with Crippen molar-refractivity contribution >= 4 is 27.1 Å². The van der Waals surface area contributed by atoms with Gasteiger partial charge in [0, 0.05) is 12.3 Å². The molecule has 3 nitrogen and oxygen atoms in total. The molecule has 1 saturated carbocycles. The second-order valence-corrected chi connectivity index (χ2v) is 7.91. The van der Waals surface area contributed by atoms with Crippen molar-refractivity contribution < 1.29 is 8.42 Å². The van der Waals surface area contributed by atoms with Crippen molar-refractivity contribution in [3.63, 3.8) is 0 Å². The van der Waals surface area contributed by atoms with Gasteiger partial charge in [-0.1, -0.05) is 30.9 Å². The molecular formula is C14H20ClNO2S. The average Bonchev–Trinajstić information content (AvgIpc) is 2.25. The third-order valence-electron chi connectivity index (χ3n) is 3.68. The standard InChI is InChI=1S/C14H20ClNO2S/c1-10(8-11-4-3-5-11)16-14-9-12(19(2,17)18)6-7-13(14)15/h6-7,9-11,16H,3-5,8H2,1-2H3. The van der Waals surface area contributed by atoms with E-state index in [2.05, 4.69) is 12.2 Å². The second-order valence-electron chi connectivity index (χ2n) is 5.49. The zero-order valence-corrected chi connectivity index (χ0v) is 12.9. The lowest BCUT2D eigenvalue weighted by molar-refractivity contribution is 0.286. The van der Waals surface area contributed by atoms with Crippen LogP contribution in [0.3, 0.4) is 0 Å². The number of hydrogen-bond donors (Lipinski definition) is 1. The molecule has 106 valence electrons. The number of hydrogen-bond acceptors (Lipinski definition) is 3. The first-order valence-electron chi connectivity index (χ1n) is 6.62. The molecule has 1 aliphatic carbocycles. The van der Waals surface area contributed by atoms with Crippen LogP contribution in [0, 0.1) is 5.92 Å². The van der Waals surface area contributed by atoms with Crippen molar-refractivity contribution in [3.05, 3.63) is 23.2 Å². The maximum atomic E-state index is 11.5. The lowest BCUT2D eigenvalue weighted by atomic mass is 9.81. The third kappa shape index (κ3) is 3.86. The molecular weight excluding hydrogens is 282 g/mol. The number of sulfone groups is 1. The fourth-order valence-corrected chi connectivity index (χ4v) is 3.22. The molecule has 0 aromatic heterocycles. The van der Waals surface area contributed by atoms with Crippen LogP contribution < -0.4 is 5.32 Å². The fraction of sp³-hybridized carbons (Fsp3) is 0.571. The predicted molar refractivity (Wildman–Crippen MR) is 79.6 cm³/mol. The summed E-state index contributed by atoms with van der Waals surface area (Å²) in [5.74, 6) is 0.805. The van der Waals surface area contributed by atoms with E-state index in [1.165, 1.54) is 25.5 Å². The van der Waals surface area contributed by atoms with E-state index in [0.29, 0.717) is 21.6 Å². The summed E-state index contributed by atoms with van der Waals surface area (Å²) in [6.45, 7) is 2.11. The minimum absolute atomic E-state index is 0.301. The lowest BCUT2D eigenvalue weighted by Gasteiger charge is -2.29. The molecule has 1 aromatic rings. The zero-order chi connectivity index (χ0) is 14.0. The van der Waals surface area contributed by atoms with E-state index >= 15 is 0 Å². The Labute approximate surface area is 120 Å². The monoisotopic (exact) mass is 301 g/mol. The molecule has 0 spiro atoms. The van der Waals surface area contributed by atoms with Gasteiger partial charge in [0.25, 0.3) is 0 Å². The van der Waals surface area contributed by atoms with E-state index in [4.69, 9.17) is 11.6 Å². The highest BCUT2D eigenvalue weighted by Gasteiger charge is 2.20. The van der Waals surface area contributed by atoms with E-state index in [1.54, 1.807) is 18.2 Å². The molecule has 5 heteroatoms. The Morgan fingerprint density at radius 2 is 2.11 bits per heavy atom. The Morgan fingerprint density at radius 3 is 2.63 bits per heavy atom. The van der Waals surface area contributed by atoms with Gasteiger partial charge in [-0.05, 0) is 37.5 Å². The summed E-state index contributed by atoms with van der Waals surface area (Å²) < 4.78 is 23.1. The van der Waals surface area contributed by atoms with E-state index < -0.39 is 9.84 Å². The van der Waals surface area contributed by atoms with Gasteiger partial charge in [-0.2, -0.15) is 0 Å². The Morgan fingerprint density at radius 1 is 1.42 bits per heavy atom. The van der Waals surface area contributed by atoms with Crippen LogP contribution in [0.2, 0.25) is 5.02 Å². The number of nitrogens with one attached hydrogen (secondary N) is 1. The molecule has 1 aromatic carbocycles. The highest BCUT2D eigenvalue weighted by Crippen LogP contribution is 2.32. The molecule has 0 bridgehead atoms. The van der Waals surface area contributed by atoms with Crippen LogP contribution in [-0.2, 0) is 9.84 Å². The summed E-state index contributed by atoms with van der Waals surface area (Å²) >= 11 is 6.12. The van der Waals surface area contributed by atoms with Crippen molar-refractivity contribution in [2.45, 2.75) is 43.5 Å². The zero-order valence-electron chi connectivity index (χ0n) is 11.3. The molecule has 1 N–H and O–H groups in total. The van der Waals surface area contributed by atoms with Crippen molar-refractivity contribution in [2.75, 3.05) is 11.6 Å². The van der Waals surface area contributed by atoms with E-state index in [9.17, 15) is 8.42 Å². The molecule has 19 heavy (non-hydrogen) atoms. The van der Waals surface area contributed by atoms with Gasteiger partial charge in [-0.25, -0.2) is 8.42 Å². The van der Waals surface area contributed by atoms with Crippen LogP contribution in [0.5, 0.6) is 0 Å². The van der Waals surface area contributed by atoms with Crippen molar-refractivity contribution in [2.24, 2.45) is 5.92 Å². The average molecular weight is 302 g/mol. The molecule has 0 radical (unpaired) electrons. The molecule has 0 amide bonds. The summed E-state index contributed by atoms with van der Waals surface area (Å²) in [5.41, 5.74) is 0.705. The fourth-order valence-electron chi connectivity index (χ4n) is 2.40. The maximum Gasteiger partial charge on any atom is 0.175 e. The molecule has 1 fully saturated rings. The maximum absolute atomic E-state index is 11.5. The number of benzene rings is 1. The summed E-state index contributed by atoms with van der Waals surface area (Å²) in [6, 6.07) is 5.10. The van der Waals surface area contributed by atoms with Crippen LogP contribution in [0.15, 0.2) is 23.1 Å². The molecule has 0 heterocycles. The summed E-state index contributed by atoms with van der Waals surface area (Å²) in [6.07, 6.45) is 6.27. The van der Waals surface area contributed by atoms with Crippen LogP contribution in [0.1, 0.15) is 32.6 Å². The van der Waals surface area contributed by atoms with Crippen LogP contribution >= 0.6 is 11.6 Å². The Bertz CT molecular complexity index is 553. The first-order valence-corrected chi connectivity index (χ1v) is 8.89. The molecule has 2 rings (SSSR count). The van der Waals surface area contributed by atoms with Crippen molar-refractivity contribution in [1.29, 1.82) is 0 Å². The molecule has 0 saturated heterocycles. The van der Waals surface area contributed by atoms with Crippen molar-refractivity contribution in [1.82, 2.24) is 0 Å². The van der Waals surface area contributed by atoms with Gasteiger partial charge >= 0.3 is 0 Å². The lowest BCUT2D eigenvalue weighted by Crippen LogP contribution is -2.23. The SMILES string of the molecule is CC(CC1CCC1)Nc1cc(S(C)(=O)=O)ccc1Cl. The van der Waals surface area contributed by atoms with Crippen LogP contribution in [-0.4, -0.2) is 20.7 Å². The van der Waals surface area contributed by atoms with Gasteiger partial charge in [0.05, 0.1) is 15.6 Å². The molecule has 1 aliphatic rings. The topological polar surface area (TPSA) is 46.2 Å².